The smallest absolute Gasteiger partial charge is 0.349 e. The number of hydrogen-bond donors (Lipinski definition) is 2. The normalized spacial score (nSPS) is 14.0. The zero-order valence-corrected chi connectivity index (χ0v) is 13.1. The molecule has 0 spiro atoms. The van der Waals surface area contributed by atoms with Crippen molar-refractivity contribution in [3.05, 3.63) is 65.2 Å². The van der Waals surface area contributed by atoms with Crippen molar-refractivity contribution in [1.29, 1.82) is 0 Å². The number of anilines is 1. The summed E-state index contributed by atoms with van der Waals surface area (Å²) in [5.41, 5.74) is -0.845. The highest BCUT2D eigenvalue weighted by Crippen LogP contribution is 2.34. The molecule has 0 aromatic heterocycles. The second kappa shape index (κ2) is 6.58. The fourth-order valence-electron chi connectivity index (χ4n) is 2.33. The van der Waals surface area contributed by atoms with Crippen LogP contribution in [0.25, 0.3) is 0 Å². The maximum absolute atomic E-state index is 13.0. The molecule has 0 bridgehead atoms. The van der Waals surface area contributed by atoms with E-state index in [4.69, 9.17) is 0 Å². The van der Waals surface area contributed by atoms with Gasteiger partial charge in [0.25, 0.3) is 11.8 Å². The molecule has 4 nitrogen and oxygen atoms in total. The van der Waals surface area contributed by atoms with Crippen molar-refractivity contribution in [2.75, 3.05) is 5.32 Å². The van der Waals surface area contributed by atoms with Gasteiger partial charge in [0.05, 0.1) is 11.3 Å². The molecule has 7 heteroatoms. The number of benzene rings is 2. The Kier molecular flexibility index (Phi) is 4.48. The van der Waals surface area contributed by atoms with E-state index in [9.17, 15) is 22.8 Å². The molecule has 2 amide bonds. The van der Waals surface area contributed by atoms with E-state index >= 15 is 0 Å². The Bertz CT molecular complexity index is 814. The van der Waals surface area contributed by atoms with Crippen molar-refractivity contribution in [3.63, 3.8) is 0 Å². The quantitative estimate of drug-likeness (QED) is 0.882. The SMILES string of the molecule is O=C(Nc1ccccc1C(F)(F)F)c1cccc(C(=O)NC2CC2)c1. The molecule has 0 radical (unpaired) electrons. The molecule has 1 aliphatic carbocycles. The molecule has 130 valence electrons. The standard InChI is InChI=1S/C18H15F3N2O2/c19-18(20,21)14-6-1-2-7-15(14)23-17(25)12-5-3-4-11(10-12)16(24)22-13-8-9-13/h1-7,10,13H,8-9H2,(H,22,24)(H,23,25). The Morgan fingerprint density at radius 2 is 1.56 bits per heavy atom. The molecule has 0 heterocycles. The van der Waals surface area contributed by atoms with Gasteiger partial charge in [0.1, 0.15) is 0 Å². The van der Waals surface area contributed by atoms with E-state index in [1.54, 1.807) is 6.07 Å². The summed E-state index contributed by atoms with van der Waals surface area (Å²) in [5, 5.41) is 5.06. The Labute approximate surface area is 142 Å². The Morgan fingerprint density at radius 3 is 2.20 bits per heavy atom. The molecule has 3 rings (SSSR count). The molecule has 0 unspecified atom stereocenters. The fraction of sp³-hybridized carbons (Fsp3) is 0.222. The number of nitrogens with one attached hydrogen (secondary N) is 2. The monoisotopic (exact) mass is 348 g/mol. The van der Waals surface area contributed by atoms with Gasteiger partial charge in [-0.3, -0.25) is 9.59 Å². The summed E-state index contributed by atoms with van der Waals surface area (Å²) in [4.78, 5) is 24.3. The van der Waals surface area contributed by atoms with E-state index in [1.807, 2.05) is 0 Å². The van der Waals surface area contributed by atoms with Gasteiger partial charge in [0.2, 0.25) is 0 Å². The number of rotatable bonds is 4. The lowest BCUT2D eigenvalue weighted by Crippen LogP contribution is -2.25. The van der Waals surface area contributed by atoms with Gasteiger partial charge in [-0.2, -0.15) is 13.2 Å². The topological polar surface area (TPSA) is 58.2 Å². The van der Waals surface area contributed by atoms with Crippen LogP contribution >= 0.6 is 0 Å². The number of carbonyl (C=O) groups excluding carboxylic acids is 2. The lowest BCUT2D eigenvalue weighted by atomic mass is 10.1. The highest BCUT2D eigenvalue weighted by Gasteiger charge is 2.33. The van der Waals surface area contributed by atoms with Crippen molar-refractivity contribution in [2.45, 2.75) is 25.1 Å². The largest absolute Gasteiger partial charge is 0.418 e. The number of halogens is 3. The van der Waals surface area contributed by atoms with Crippen LogP contribution in [0.1, 0.15) is 39.1 Å². The van der Waals surface area contributed by atoms with Gasteiger partial charge in [-0.1, -0.05) is 18.2 Å². The van der Waals surface area contributed by atoms with Crippen LogP contribution in [0.5, 0.6) is 0 Å². The number of para-hydroxylation sites is 1. The molecule has 2 aromatic carbocycles. The number of amides is 2. The second-order valence-corrected chi connectivity index (χ2v) is 5.83. The van der Waals surface area contributed by atoms with Gasteiger partial charge in [0, 0.05) is 17.2 Å². The van der Waals surface area contributed by atoms with Crippen LogP contribution in [0.4, 0.5) is 18.9 Å². The number of hydrogen-bond acceptors (Lipinski definition) is 2. The third-order valence-corrected chi connectivity index (χ3v) is 3.78. The first-order valence-electron chi connectivity index (χ1n) is 7.73. The van der Waals surface area contributed by atoms with Crippen LogP contribution < -0.4 is 10.6 Å². The third-order valence-electron chi connectivity index (χ3n) is 3.78. The molecule has 1 saturated carbocycles. The van der Waals surface area contributed by atoms with E-state index in [2.05, 4.69) is 10.6 Å². The highest BCUT2D eigenvalue weighted by molar-refractivity contribution is 6.06. The van der Waals surface area contributed by atoms with Gasteiger partial charge >= 0.3 is 6.18 Å². The van der Waals surface area contributed by atoms with Crippen molar-refractivity contribution in [3.8, 4) is 0 Å². The Balaban J connectivity index is 1.79. The highest BCUT2D eigenvalue weighted by atomic mass is 19.4. The summed E-state index contributed by atoms with van der Waals surface area (Å²) in [5.74, 6) is -1.01. The fourth-order valence-corrected chi connectivity index (χ4v) is 2.33. The van der Waals surface area contributed by atoms with Crippen LogP contribution in [-0.4, -0.2) is 17.9 Å². The van der Waals surface area contributed by atoms with Crippen LogP contribution in [0.2, 0.25) is 0 Å². The molecular weight excluding hydrogens is 333 g/mol. The van der Waals surface area contributed by atoms with Crippen LogP contribution in [0.3, 0.4) is 0 Å². The number of carbonyl (C=O) groups is 2. The van der Waals surface area contributed by atoms with E-state index in [0.717, 1.165) is 18.9 Å². The van der Waals surface area contributed by atoms with E-state index < -0.39 is 17.6 Å². The Hall–Kier alpha value is -2.83. The maximum Gasteiger partial charge on any atom is 0.418 e. The average Bonchev–Trinajstić information content (AvgIpc) is 3.38. The van der Waals surface area contributed by atoms with Crippen molar-refractivity contribution < 1.29 is 22.8 Å². The van der Waals surface area contributed by atoms with Gasteiger partial charge in [-0.25, -0.2) is 0 Å². The van der Waals surface area contributed by atoms with Gasteiger partial charge in [-0.15, -0.1) is 0 Å². The molecule has 1 fully saturated rings. The van der Waals surface area contributed by atoms with Crippen molar-refractivity contribution in [1.82, 2.24) is 5.32 Å². The van der Waals surface area contributed by atoms with Crippen LogP contribution in [-0.2, 0) is 6.18 Å². The van der Waals surface area contributed by atoms with Gasteiger partial charge < -0.3 is 10.6 Å². The van der Waals surface area contributed by atoms with E-state index in [0.29, 0.717) is 5.56 Å². The van der Waals surface area contributed by atoms with E-state index in [1.165, 1.54) is 36.4 Å². The lowest BCUT2D eigenvalue weighted by Gasteiger charge is -2.13. The molecule has 25 heavy (non-hydrogen) atoms. The molecule has 2 N–H and O–H groups in total. The summed E-state index contributed by atoms with van der Waals surface area (Å²) in [7, 11) is 0. The molecule has 2 aromatic rings. The van der Waals surface area contributed by atoms with Gasteiger partial charge in [-0.05, 0) is 43.2 Å². The first-order chi connectivity index (χ1) is 11.8. The summed E-state index contributed by atoms with van der Waals surface area (Å²) < 4.78 is 39.0. The molecule has 0 saturated heterocycles. The van der Waals surface area contributed by atoms with E-state index in [-0.39, 0.29) is 23.2 Å². The first kappa shape index (κ1) is 17.0. The minimum atomic E-state index is -4.57. The third kappa shape index (κ3) is 4.17. The molecular formula is C18H15F3N2O2. The predicted octanol–water partition coefficient (Wildman–Crippen LogP) is 3.85. The van der Waals surface area contributed by atoms with Crippen LogP contribution in [0, 0.1) is 0 Å². The molecule has 0 atom stereocenters. The maximum atomic E-state index is 13.0. The first-order valence-corrected chi connectivity index (χ1v) is 7.73. The number of alkyl halides is 3. The minimum Gasteiger partial charge on any atom is -0.349 e. The predicted molar refractivity (Wildman–Crippen MR) is 86.3 cm³/mol. The summed E-state index contributed by atoms with van der Waals surface area (Å²) in [6, 6.07) is 10.8. The lowest BCUT2D eigenvalue weighted by molar-refractivity contribution is -0.136. The van der Waals surface area contributed by atoms with Crippen LogP contribution in [0.15, 0.2) is 48.5 Å². The summed E-state index contributed by atoms with van der Waals surface area (Å²) in [6.07, 6.45) is -2.71. The summed E-state index contributed by atoms with van der Waals surface area (Å²) >= 11 is 0. The van der Waals surface area contributed by atoms with Gasteiger partial charge in [0.15, 0.2) is 0 Å². The Morgan fingerprint density at radius 1 is 0.920 bits per heavy atom. The minimum absolute atomic E-state index is 0.112. The van der Waals surface area contributed by atoms with Crippen molar-refractivity contribution in [2.24, 2.45) is 0 Å². The second-order valence-electron chi connectivity index (χ2n) is 5.83. The van der Waals surface area contributed by atoms with Crippen molar-refractivity contribution >= 4 is 17.5 Å². The summed E-state index contributed by atoms with van der Waals surface area (Å²) in [6.45, 7) is 0. The zero-order valence-electron chi connectivity index (χ0n) is 13.1. The zero-order chi connectivity index (χ0) is 18.0. The average molecular weight is 348 g/mol. The molecule has 0 aliphatic heterocycles. The molecule has 1 aliphatic rings.